The summed E-state index contributed by atoms with van der Waals surface area (Å²) in [6, 6.07) is 14.1. The van der Waals surface area contributed by atoms with E-state index in [2.05, 4.69) is 12.1 Å². The van der Waals surface area contributed by atoms with Crippen molar-refractivity contribution < 1.29 is 9.53 Å². The SMILES string of the molecule is COc1cccc(-c2ccc3c(c2)C(=O)CCC3)c1. The lowest BCUT2D eigenvalue weighted by molar-refractivity contribution is 0.0972. The van der Waals surface area contributed by atoms with Crippen molar-refractivity contribution in [1.82, 2.24) is 0 Å². The molecular formula is C17H16O2. The van der Waals surface area contributed by atoms with E-state index in [9.17, 15) is 4.79 Å². The molecule has 0 fully saturated rings. The summed E-state index contributed by atoms with van der Waals surface area (Å²) in [5.74, 6) is 1.10. The Hall–Kier alpha value is -2.09. The molecule has 1 aliphatic carbocycles. The number of ether oxygens (including phenoxy) is 1. The molecule has 96 valence electrons. The Labute approximate surface area is 113 Å². The fraction of sp³-hybridized carbons (Fsp3) is 0.235. The summed E-state index contributed by atoms with van der Waals surface area (Å²) in [7, 11) is 1.66. The number of hydrogen-bond donors (Lipinski definition) is 0. The third-order valence-electron chi connectivity index (χ3n) is 3.66. The maximum Gasteiger partial charge on any atom is 0.163 e. The second kappa shape index (κ2) is 4.88. The Morgan fingerprint density at radius 1 is 1.00 bits per heavy atom. The van der Waals surface area contributed by atoms with Crippen LogP contribution in [-0.4, -0.2) is 12.9 Å². The molecule has 2 aromatic carbocycles. The number of carbonyl (C=O) groups is 1. The molecule has 2 aromatic rings. The van der Waals surface area contributed by atoms with Gasteiger partial charge in [-0.3, -0.25) is 4.79 Å². The van der Waals surface area contributed by atoms with Gasteiger partial charge in [0.2, 0.25) is 0 Å². The summed E-state index contributed by atoms with van der Waals surface area (Å²) in [5.41, 5.74) is 4.24. The zero-order valence-corrected chi connectivity index (χ0v) is 11.0. The summed E-state index contributed by atoms with van der Waals surface area (Å²) in [6.45, 7) is 0. The van der Waals surface area contributed by atoms with Crippen LogP contribution in [0.25, 0.3) is 11.1 Å². The Morgan fingerprint density at radius 3 is 2.68 bits per heavy atom. The van der Waals surface area contributed by atoms with Gasteiger partial charge in [-0.05, 0) is 47.7 Å². The van der Waals surface area contributed by atoms with Crippen LogP contribution in [0.3, 0.4) is 0 Å². The lowest BCUT2D eigenvalue weighted by atomic mass is 9.88. The van der Waals surface area contributed by atoms with E-state index < -0.39 is 0 Å². The minimum Gasteiger partial charge on any atom is -0.497 e. The van der Waals surface area contributed by atoms with Gasteiger partial charge in [0.05, 0.1) is 7.11 Å². The quantitative estimate of drug-likeness (QED) is 0.810. The van der Waals surface area contributed by atoms with Crippen molar-refractivity contribution in [1.29, 1.82) is 0 Å². The Kier molecular flexibility index (Phi) is 3.08. The van der Waals surface area contributed by atoms with E-state index in [0.29, 0.717) is 6.42 Å². The van der Waals surface area contributed by atoms with E-state index in [4.69, 9.17) is 4.74 Å². The van der Waals surface area contributed by atoms with E-state index in [-0.39, 0.29) is 5.78 Å². The van der Waals surface area contributed by atoms with E-state index in [0.717, 1.165) is 35.3 Å². The van der Waals surface area contributed by atoms with Crippen LogP contribution in [0, 0.1) is 0 Å². The van der Waals surface area contributed by atoms with Gasteiger partial charge in [-0.25, -0.2) is 0 Å². The van der Waals surface area contributed by atoms with Gasteiger partial charge in [-0.2, -0.15) is 0 Å². The fourth-order valence-corrected chi connectivity index (χ4v) is 2.61. The van der Waals surface area contributed by atoms with Crippen LogP contribution in [0.2, 0.25) is 0 Å². The molecule has 0 saturated heterocycles. The molecule has 0 unspecified atom stereocenters. The first-order chi connectivity index (χ1) is 9.28. The van der Waals surface area contributed by atoms with Gasteiger partial charge in [-0.15, -0.1) is 0 Å². The van der Waals surface area contributed by atoms with Crippen LogP contribution in [-0.2, 0) is 6.42 Å². The number of ketones is 1. The number of methoxy groups -OCH3 is 1. The van der Waals surface area contributed by atoms with Crippen molar-refractivity contribution in [3.05, 3.63) is 53.6 Å². The van der Waals surface area contributed by atoms with Crippen molar-refractivity contribution in [3.8, 4) is 16.9 Å². The first kappa shape index (κ1) is 12.0. The highest BCUT2D eigenvalue weighted by molar-refractivity contribution is 5.99. The molecule has 0 bridgehead atoms. The predicted molar refractivity (Wildman–Crippen MR) is 75.7 cm³/mol. The minimum absolute atomic E-state index is 0.269. The average Bonchev–Trinajstić information content (AvgIpc) is 2.47. The molecule has 1 aliphatic rings. The zero-order valence-electron chi connectivity index (χ0n) is 11.0. The number of aryl methyl sites for hydroxylation is 1. The molecule has 0 amide bonds. The first-order valence-electron chi connectivity index (χ1n) is 6.58. The van der Waals surface area contributed by atoms with Gasteiger partial charge in [0.1, 0.15) is 5.75 Å². The van der Waals surface area contributed by atoms with E-state index in [1.807, 2.05) is 30.3 Å². The fourth-order valence-electron chi connectivity index (χ4n) is 2.61. The number of Topliss-reactive ketones (excluding diaryl/α,β-unsaturated/α-hetero) is 1. The van der Waals surface area contributed by atoms with E-state index in [1.54, 1.807) is 7.11 Å². The highest BCUT2D eigenvalue weighted by Crippen LogP contribution is 2.29. The molecular weight excluding hydrogens is 236 g/mol. The van der Waals surface area contributed by atoms with Crippen LogP contribution in [0.4, 0.5) is 0 Å². The van der Waals surface area contributed by atoms with Gasteiger partial charge in [0.25, 0.3) is 0 Å². The number of rotatable bonds is 2. The van der Waals surface area contributed by atoms with Crippen LogP contribution in [0.1, 0.15) is 28.8 Å². The monoisotopic (exact) mass is 252 g/mol. The maximum absolute atomic E-state index is 12.0. The molecule has 0 N–H and O–H groups in total. The van der Waals surface area contributed by atoms with E-state index in [1.165, 1.54) is 5.56 Å². The van der Waals surface area contributed by atoms with Crippen LogP contribution in [0.5, 0.6) is 5.75 Å². The van der Waals surface area contributed by atoms with Crippen molar-refractivity contribution in [2.45, 2.75) is 19.3 Å². The first-order valence-corrected chi connectivity index (χ1v) is 6.58. The second-order valence-corrected chi connectivity index (χ2v) is 4.88. The summed E-state index contributed by atoms with van der Waals surface area (Å²) < 4.78 is 5.24. The second-order valence-electron chi connectivity index (χ2n) is 4.88. The van der Waals surface area contributed by atoms with Gasteiger partial charge in [-0.1, -0.05) is 24.3 Å². The van der Waals surface area contributed by atoms with Crippen LogP contribution < -0.4 is 4.74 Å². The number of hydrogen-bond acceptors (Lipinski definition) is 2. The summed E-state index contributed by atoms with van der Waals surface area (Å²) >= 11 is 0. The van der Waals surface area contributed by atoms with Crippen molar-refractivity contribution in [3.63, 3.8) is 0 Å². The molecule has 0 heterocycles. The molecule has 2 nitrogen and oxygen atoms in total. The van der Waals surface area contributed by atoms with Crippen LogP contribution in [0.15, 0.2) is 42.5 Å². The molecule has 2 heteroatoms. The van der Waals surface area contributed by atoms with Gasteiger partial charge >= 0.3 is 0 Å². The zero-order chi connectivity index (χ0) is 13.2. The average molecular weight is 252 g/mol. The summed E-state index contributed by atoms with van der Waals surface area (Å²) in [4.78, 5) is 12.0. The molecule has 19 heavy (non-hydrogen) atoms. The summed E-state index contributed by atoms with van der Waals surface area (Å²) in [5, 5.41) is 0. The van der Waals surface area contributed by atoms with Crippen LogP contribution >= 0.6 is 0 Å². The largest absolute Gasteiger partial charge is 0.497 e. The lowest BCUT2D eigenvalue weighted by Crippen LogP contribution is -2.10. The predicted octanol–water partition coefficient (Wildman–Crippen LogP) is 3.88. The van der Waals surface area contributed by atoms with Crippen molar-refractivity contribution in [2.75, 3.05) is 7.11 Å². The van der Waals surface area contributed by atoms with Crippen molar-refractivity contribution in [2.24, 2.45) is 0 Å². The van der Waals surface area contributed by atoms with E-state index >= 15 is 0 Å². The van der Waals surface area contributed by atoms with Gasteiger partial charge in [0, 0.05) is 12.0 Å². The summed E-state index contributed by atoms with van der Waals surface area (Å²) in [6.07, 6.45) is 2.67. The normalized spacial score (nSPS) is 14.1. The van der Waals surface area contributed by atoms with Gasteiger partial charge in [0.15, 0.2) is 5.78 Å². The Balaban J connectivity index is 2.06. The molecule has 0 radical (unpaired) electrons. The molecule has 0 spiro atoms. The molecule has 3 rings (SSSR count). The lowest BCUT2D eigenvalue weighted by Gasteiger charge is -2.15. The highest BCUT2D eigenvalue weighted by atomic mass is 16.5. The number of carbonyl (C=O) groups excluding carboxylic acids is 1. The molecule has 0 aromatic heterocycles. The smallest absolute Gasteiger partial charge is 0.163 e. The third kappa shape index (κ3) is 2.26. The topological polar surface area (TPSA) is 26.3 Å². The maximum atomic E-state index is 12.0. The minimum atomic E-state index is 0.269. The molecule has 0 saturated carbocycles. The third-order valence-corrected chi connectivity index (χ3v) is 3.66. The molecule has 0 atom stereocenters. The molecule has 0 aliphatic heterocycles. The van der Waals surface area contributed by atoms with Gasteiger partial charge < -0.3 is 4.74 Å². The standard InChI is InChI=1S/C17H16O2/c1-19-15-6-2-5-13(10-15)14-9-8-12-4-3-7-17(18)16(12)11-14/h2,5-6,8-11H,3-4,7H2,1H3. The Bertz CT molecular complexity index is 629. The highest BCUT2D eigenvalue weighted by Gasteiger charge is 2.17. The van der Waals surface area contributed by atoms with Crippen molar-refractivity contribution >= 4 is 5.78 Å². The number of benzene rings is 2. The number of fused-ring (bicyclic) bond motifs is 1. The Morgan fingerprint density at radius 2 is 1.84 bits per heavy atom.